The predicted octanol–water partition coefficient (Wildman–Crippen LogP) is 2.66. The van der Waals surface area contributed by atoms with Gasteiger partial charge in [-0.05, 0) is 24.0 Å². The fourth-order valence-corrected chi connectivity index (χ4v) is 1.40. The van der Waals surface area contributed by atoms with E-state index in [1.165, 1.54) is 11.1 Å². The van der Waals surface area contributed by atoms with Gasteiger partial charge in [0.05, 0.1) is 12.5 Å². The van der Waals surface area contributed by atoms with E-state index >= 15 is 0 Å². The topological polar surface area (TPSA) is 40.9 Å². The van der Waals surface area contributed by atoms with Gasteiger partial charge in [-0.1, -0.05) is 31.2 Å². The van der Waals surface area contributed by atoms with Crippen LogP contribution in [-0.2, 0) is 17.6 Å². The van der Waals surface area contributed by atoms with Gasteiger partial charge in [0.25, 0.3) is 0 Å². The van der Waals surface area contributed by atoms with E-state index in [-0.39, 0.29) is 12.2 Å². The third-order valence-corrected chi connectivity index (χ3v) is 2.40. The molecule has 0 bridgehead atoms. The fraction of sp³-hybridized carbons (Fsp3) is 0.385. The van der Waals surface area contributed by atoms with Gasteiger partial charge in [-0.2, -0.15) is 5.26 Å². The van der Waals surface area contributed by atoms with Crippen LogP contribution < -0.4 is 0 Å². The Morgan fingerprint density at radius 2 is 1.87 bits per heavy atom. The Morgan fingerprint density at radius 1 is 1.27 bits per heavy atom. The van der Waals surface area contributed by atoms with Crippen molar-refractivity contribution in [2.45, 2.75) is 32.6 Å². The van der Waals surface area contributed by atoms with Crippen molar-refractivity contribution >= 4 is 5.78 Å². The van der Waals surface area contributed by atoms with Gasteiger partial charge in [0, 0.05) is 6.42 Å². The third-order valence-electron chi connectivity index (χ3n) is 2.40. The summed E-state index contributed by atoms with van der Waals surface area (Å²) in [6.45, 7) is 2.12. The summed E-state index contributed by atoms with van der Waals surface area (Å²) >= 11 is 0. The molecule has 0 spiro atoms. The lowest BCUT2D eigenvalue weighted by Crippen LogP contribution is -1.98. The largest absolute Gasteiger partial charge is 0.299 e. The van der Waals surface area contributed by atoms with E-state index < -0.39 is 0 Å². The van der Waals surface area contributed by atoms with E-state index in [4.69, 9.17) is 5.26 Å². The summed E-state index contributed by atoms with van der Waals surface area (Å²) in [6, 6.07) is 10.2. The van der Waals surface area contributed by atoms with E-state index in [1.807, 2.05) is 6.07 Å². The second-order valence-corrected chi connectivity index (χ2v) is 3.54. The molecule has 78 valence electrons. The first-order chi connectivity index (χ1) is 7.26. The van der Waals surface area contributed by atoms with Gasteiger partial charge < -0.3 is 0 Å². The molecule has 0 radical (unpaired) electrons. The summed E-state index contributed by atoms with van der Waals surface area (Å²) in [4.78, 5) is 11.1. The van der Waals surface area contributed by atoms with E-state index in [0.717, 1.165) is 12.8 Å². The molecule has 0 saturated heterocycles. The average Bonchev–Trinajstić information content (AvgIpc) is 2.27. The Balaban J connectivity index is 2.45. The van der Waals surface area contributed by atoms with Crippen LogP contribution in [0.3, 0.4) is 0 Å². The number of aryl methyl sites for hydroxylation is 2. The Bertz CT molecular complexity index is 359. The summed E-state index contributed by atoms with van der Waals surface area (Å²) in [5.74, 6) is 0.0251. The highest BCUT2D eigenvalue weighted by Crippen LogP contribution is 2.07. The Kier molecular flexibility index (Phi) is 4.56. The number of carbonyl (C=O) groups excluding carboxylic acids is 1. The van der Waals surface area contributed by atoms with Crippen molar-refractivity contribution < 1.29 is 4.79 Å². The van der Waals surface area contributed by atoms with Crippen LogP contribution in [0.15, 0.2) is 24.3 Å². The van der Waals surface area contributed by atoms with Crippen molar-refractivity contribution in [3.8, 4) is 6.07 Å². The normalized spacial score (nSPS) is 9.60. The summed E-state index contributed by atoms with van der Waals surface area (Å²) < 4.78 is 0. The minimum absolute atomic E-state index is 0.0251. The number of hydrogen-bond donors (Lipinski definition) is 0. The Hall–Kier alpha value is -1.62. The van der Waals surface area contributed by atoms with Crippen LogP contribution in [0.2, 0.25) is 0 Å². The number of Topliss-reactive ketones (excluding diaryl/α,β-unsaturated/α-hetero) is 1. The molecule has 0 saturated carbocycles. The summed E-state index contributed by atoms with van der Waals surface area (Å²) in [6.07, 6.45) is 2.28. The van der Waals surface area contributed by atoms with Crippen LogP contribution in [0.5, 0.6) is 0 Å². The molecule has 1 aromatic carbocycles. The summed E-state index contributed by atoms with van der Waals surface area (Å²) in [7, 11) is 0. The molecule has 1 aromatic rings. The third kappa shape index (κ3) is 3.95. The van der Waals surface area contributed by atoms with Crippen LogP contribution in [0.25, 0.3) is 0 Å². The van der Waals surface area contributed by atoms with Crippen LogP contribution in [0.4, 0.5) is 0 Å². The lowest BCUT2D eigenvalue weighted by molar-refractivity contribution is -0.118. The summed E-state index contributed by atoms with van der Waals surface area (Å²) in [5, 5.41) is 8.33. The quantitative estimate of drug-likeness (QED) is 0.734. The average molecular weight is 201 g/mol. The first kappa shape index (κ1) is 11.5. The van der Waals surface area contributed by atoms with E-state index in [1.54, 1.807) is 0 Å². The number of carbonyl (C=O) groups is 1. The maximum absolute atomic E-state index is 11.1. The van der Waals surface area contributed by atoms with Gasteiger partial charge in [-0.15, -0.1) is 0 Å². The lowest BCUT2D eigenvalue weighted by atomic mass is 10.0. The van der Waals surface area contributed by atoms with Gasteiger partial charge in [-0.25, -0.2) is 0 Å². The number of hydrogen-bond acceptors (Lipinski definition) is 2. The van der Waals surface area contributed by atoms with Crippen LogP contribution in [0, 0.1) is 11.3 Å². The monoisotopic (exact) mass is 201 g/mol. The molecule has 0 fully saturated rings. The van der Waals surface area contributed by atoms with Crippen LogP contribution in [0.1, 0.15) is 30.9 Å². The van der Waals surface area contributed by atoms with Crippen molar-refractivity contribution in [2.24, 2.45) is 0 Å². The predicted molar refractivity (Wildman–Crippen MR) is 59.4 cm³/mol. The van der Waals surface area contributed by atoms with Gasteiger partial charge >= 0.3 is 0 Å². The molecule has 0 aromatic heterocycles. The van der Waals surface area contributed by atoms with Crippen molar-refractivity contribution in [1.82, 2.24) is 0 Å². The van der Waals surface area contributed by atoms with Crippen molar-refractivity contribution in [3.05, 3.63) is 35.4 Å². The van der Waals surface area contributed by atoms with Gasteiger partial charge in [-0.3, -0.25) is 4.79 Å². The van der Waals surface area contributed by atoms with Gasteiger partial charge in [0.1, 0.15) is 5.78 Å². The van der Waals surface area contributed by atoms with Crippen LogP contribution in [-0.4, -0.2) is 5.78 Å². The highest BCUT2D eigenvalue weighted by atomic mass is 16.1. The summed E-state index contributed by atoms with van der Waals surface area (Å²) in [5.41, 5.74) is 2.47. The zero-order chi connectivity index (χ0) is 11.1. The molecule has 2 nitrogen and oxygen atoms in total. The van der Waals surface area contributed by atoms with Gasteiger partial charge in [0.15, 0.2) is 0 Å². The second kappa shape index (κ2) is 5.98. The highest BCUT2D eigenvalue weighted by molar-refractivity contribution is 5.80. The number of nitriles is 1. The minimum atomic E-state index is 0.0251. The SMILES string of the molecule is CCc1ccc(CCC(=O)CC#N)cc1. The van der Waals surface area contributed by atoms with Crippen LogP contribution >= 0.6 is 0 Å². The van der Waals surface area contributed by atoms with Crippen molar-refractivity contribution in [3.63, 3.8) is 0 Å². The number of nitrogens with zero attached hydrogens (tertiary/aromatic N) is 1. The molecule has 0 aliphatic carbocycles. The van der Waals surface area contributed by atoms with E-state index in [2.05, 4.69) is 31.2 Å². The first-order valence-electron chi connectivity index (χ1n) is 5.22. The molecule has 0 atom stereocenters. The van der Waals surface area contributed by atoms with E-state index in [0.29, 0.717) is 6.42 Å². The molecular formula is C13H15NO. The highest BCUT2D eigenvalue weighted by Gasteiger charge is 2.01. The smallest absolute Gasteiger partial charge is 0.147 e. The van der Waals surface area contributed by atoms with E-state index in [9.17, 15) is 4.79 Å². The molecule has 0 N–H and O–H groups in total. The molecule has 0 aliphatic rings. The molecule has 15 heavy (non-hydrogen) atoms. The minimum Gasteiger partial charge on any atom is -0.299 e. The second-order valence-electron chi connectivity index (χ2n) is 3.54. The zero-order valence-corrected chi connectivity index (χ0v) is 8.99. The maximum Gasteiger partial charge on any atom is 0.147 e. The number of rotatable bonds is 5. The maximum atomic E-state index is 11.1. The molecule has 2 heteroatoms. The zero-order valence-electron chi connectivity index (χ0n) is 8.99. The molecule has 0 amide bonds. The molecule has 0 heterocycles. The molecule has 0 aliphatic heterocycles. The molecule has 1 rings (SSSR count). The van der Waals surface area contributed by atoms with Gasteiger partial charge in [0.2, 0.25) is 0 Å². The molecular weight excluding hydrogens is 186 g/mol. The molecule has 0 unspecified atom stereocenters. The van der Waals surface area contributed by atoms with Crippen molar-refractivity contribution in [1.29, 1.82) is 5.26 Å². The Labute approximate surface area is 90.5 Å². The fourth-order valence-electron chi connectivity index (χ4n) is 1.40. The number of benzene rings is 1. The van der Waals surface area contributed by atoms with Crippen molar-refractivity contribution in [2.75, 3.05) is 0 Å². The standard InChI is InChI=1S/C13H15NO/c1-2-11-3-5-12(6-4-11)7-8-13(15)9-10-14/h3-6H,2,7-9H2,1H3. The number of ketones is 1. The lowest BCUT2D eigenvalue weighted by Gasteiger charge is -2.01. The Morgan fingerprint density at radius 3 is 2.40 bits per heavy atom. The first-order valence-corrected chi connectivity index (χ1v) is 5.22.